The summed E-state index contributed by atoms with van der Waals surface area (Å²) in [6.07, 6.45) is 6.25. The highest BCUT2D eigenvalue weighted by atomic mass is 16.4. The molecule has 158 valence electrons. The Morgan fingerprint density at radius 2 is 2.03 bits per heavy atom. The van der Waals surface area contributed by atoms with Crippen LogP contribution in [0.3, 0.4) is 0 Å². The average Bonchev–Trinajstić information content (AvgIpc) is 3.48. The second-order valence-corrected chi connectivity index (χ2v) is 8.40. The number of aryl methyl sites for hydroxylation is 3. The van der Waals surface area contributed by atoms with Crippen molar-refractivity contribution >= 4 is 27.8 Å². The lowest BCUT2D eigenvalue weighted by atomic mass is 9.90. The number of para-hydroxylation sites is 1. The normalized spacial score (nSPS) is 15.2. The summed E-state index contributed by atoms with van der Waals surface area (Å²) in [5.74, 6) is -0.523. The first-order valence-electron chi connectivity index (χ1n) is 10.8. The SMILES string of the molecule is O=NC(CC(CCc1c[nH]c2ccccc12)C(=O)O)c1ccc2c3c(oc2c1)CCC3. The molecule has 2 aromatic carbocycles. The largest absolute Gasteiger partial charge is 0.481 e. The minimum Gasteiger partial charge on any atom is -0.481 e. The number of fused-ring (bicyclic) bond motifs is 4. The number of nitroso groups, excluding NO2 is 1. The monoisotopic (exact) mass is 416 g/mol. The van der Waals surface area contributed by atoms with E-state index >= 15 is 0 Å². The van der Waals surface area contributed by atoms with Crippen LogP contribution in [0.2, 0.25) is 0 Å². The highest BCUT2D eigenvalue weighted by Gasteiger charge is 2.26. The van der Waals surface area contributed by atoms with Gasteiger partial charge in [-0.3, -0.25) is 4.79 Å². The molecule has 5 rings (SSSR count). The van der Waals surface area contributed by atoms with Crippen LogP contribution in [0.5, 0.6) is 0 Å². The summed E-state index contributed by atoms with van der Waals surface area (Å²) in [5.41, 5.74) is 4.87. The molecule has 31 heavy (non-hydrogen) atoms. The maximum Gasteiger partial charge on any atom is 0.306 e. The maximum absolute atomic E-state index is 11.9. The molecule has 2 aromatic heterocycles. The fourth-order valence-electron chi connectivity index (χ4n) is 4.85. The minimum absolute atomic E-state index is 0.174. The number of hydrogen-bond acceptors (Lipinski definition) is 4. The van der Waals surface area contributed by atoms with Crippen LogP contribution in [0.1, 0.15) is 47.8 Å². The van der Waals surface area contributed by atoms with Crippen molar-refractivity contribution in [2.45, 2.75) is 44.6 Å². The first-order valence-corrected chi connectivity index (χ1v) is 10.8. The number of carboxylic acids is 1. The van der Waals surface area contributed by atoms with Gasteiger partial charge >= 0.3 is 5.97 Å². The van der Waals surface area contributed by atoms with Crippen molar-refractivity contribution in [3.05, 3.63) is 76.0 Å². The van der Waals surface area contributed by atoms with Gasteiger partial charge in [0, 0.05) is 34.5 Å². The molecular weight excluding hydrogens is 392 g/mol. The van der Waals surface area contributed by atoms with E-state index in [4.69, 9.17) is 4.42 Å². The van der Waals surface area contributed by atoms with Crippen LogP contribution >= 0.6 is 0 Å². The smallest absolute Gasteiger partial charge is 0.306 e. The summed E-state index contributed by atoms with van der Waals surface area (Å²) < 4.78 is 5.97. The Kier molecular flexibility index (Phi) is 5.06. The number of aliphatic carboxylic acids is 1. The van der Waals surface area contributed by atoms with Crippen molar-refractivity contribution in [2.75, 3.05) is 0 Å². The zero-order chi connectivity index (χ0) is 21.4. The quantitative estimate of drug-likeness (QED) is 0.348. The molecular formula is C25H24N2O4. The van der Waals surface area contributed by atoms with E-state index in [-0.39, 0.29) is 6.42 Å². The lowest BCUT2D eigenvalue weighted by Crippen LogP contribution is -2.17. The van der Waals surface area contributed by atoms with Crippen molar-refractivity contribution in [3.63, 3.8) is 0 Å². The van der Waals surface area contributed by atoms with E-state index in [0.29, 0.717) is 18.4 Å². The van der Waals surface area contributed by atoms with Gasteiger partial charge in [-0.1, -0.05) is 35.5 Å². The lowest BCUT2D eigenvalue weighted by Gasteiger charge is -2.16. The van der Waals surface area contributed by atoms with Crippen molar-refractivity contribution in [1.29, 1.82) is 0 Å². The van der Waals surface area contributed by atoms with E-state index in [0.717, 1.165) is 52.5 Å². The van der Waals surface area contributed by atoms with Gasteiger partial charge in [0.25, 0.3) is 0 Å². The molecule has 0 spiro atoms. The van der Waals surface area contributed by atoms with Gasteiger partial charge in [-0.25, -0.2) is 0 Å². The zero-order valence-electron chi connectivity index (χ0n) is 17.1. The van der Waals surface area contributed by atoms with Gasteiger partial charge in [0.15, 0.2) is 0 Å². The van der Waals surface area contributed by atoms with Crippen LogP contribution in [-0.2, 0) is 24.1 Å². The van der Waals surface area contributed by atoms with Gasteiger partial charge in [-0.15, -0.1) is 0 Å². The molecule has 0 fully saturated rings. The second-order valence-electron chi connectivity index (χ2n) is 8.40. The summed E-state index contributed by atoms with van der Waals surface area (Å²) in [6.45, 7) is 0. The van der Waals surface area contributed by atoms with Gasteiger partial charge in [0.1, 0.15) is 17.4 Å². The van der Waals surface area contributed by atoms with Crippen LogP contribution < -0.4 is 0 Å². The van der Waals surface area contributed by atoms with E-state index in [9.17, 15) is 14.8 Å². The van der Waals surface area contributed by atoms with Gasteiger partial charge < -0.3 is 14.5 Å². The number of aromatic amines is 1. The molecule has 1 aliphatic carbocycles. The fraction of sp³-hybridized carbons (Fsp3) is 0.320. The van der Waals surface area contributed by atoms with Crippen LogP contribution in [0.4, 0.5) is 0 Å². The van der Waals surface area contributed by atoms with E-state index < -0.39 is 17.9 Å². The molecule has 2 N–H and O–H groups in total. The third-order valence-corrected chi connectivity index (χ3v) is 6.54. The van der Waals surface area contributed by atoms with Crippen molar-refractivity contribution < 1.29 is 14.3 Å². The van der Waals surface area contributed by atoms with E-state index in [1.807, 2.05) is 48.7 Å². The Balaban J connectivity index is 1.34. The molecule has 1 aliphatic rings. The number of benzene rings is 2. The topological polar surface area (TPSA) is 95.7 Å². The number of nitrogens with one attached hydrogen (secondary N) is 1. The third kappa shape index (κ3) is 3.63. The second kappa shape index (κ2) is 8.02. The molecule has 0 aliphatic heterocycles. The number of hydrogen-bond donors (Lipinski definition) is 2. The van der Waals surface area contributed by atoms with E-state index in [1.165, 1.54) is 5.56 Å². The van der Waals surface area contributed by atoms with Gasteiger partial charge in [-0.2, -0.15) is 4.91 Å². The Hall–Kier alpha value is -3.41. The number of aromatic nitrogens is 1. The molecule has 2 atom stereocenters. The number of furan rings is 1. The molecule has 2 heterocycles. The number of carboxylic acid groups (broad SMARTS) is 1. The van der Waals surface area contributed by atoms with Crippen LogP contribution in [0.15, 0.2) is 58.3 Å². The summed E-state index contributed by atoms with van der Waals surface area (Å²) >= 11 is 0. The predicted octanol–water partition coefficient (Wildman–Crippen LogP) is 5.93. The first kappa shape index (κ1) is 19.5. The molecule has 4 aromatic rings. The number of rotatable bonds is 8. The summed E-state index contributed by atoms with van der Waals surface area (Å²) in [5, 5.41) is 15.3. The summed E-state index contributed by atoms with van der Waals surface area (Å²) in [7, 11) is 0. The maximum atomic E-state index is 11.9. The summed E-state index contributed by atoms with van der Waals surface area (Å²) in [4.78, 5) is 26.8. The molecule has 0 radical (unpaired) electrons. The van der Waals surface area contributed by atoms with Crippen LogP contribution in [0.25, 0.3) is 21.9 Å². The Bertz CT molecular complexity index is 1270. The molecule has 0 saturated heterocycles. The van der Waals surface area contributed by atoms with Gasteiger partial charge in [-0.05, 0) is 55.4 Å². The molecule has 0 saturated carbocycles. The third-order valence-electron chi connectivity index (χ3n) is 6.54. The predicted molar refractivity (Wildman–Crippen MR) is 119 cm³/mol. The number of carbonyl (C=O) groups is 1. The van der Waals surface area contributed by atoms with Crippen molar-refractivity contribution in [3.8, 4) is 0 Å². The molecule has 2 unspecified atom stereocenters. The Labute approximate surface area is 179 Å². The van der Waals surface area contributed by atoms with Crippen molar-refractivity contribution in [2.24, 2.45) is 11.1 Å². The Morgan fingerprint density at radius 3 is 2.87 bits per heavy atom. The summed E-state index contributed by atoms with van der Waals surface area (Å²) in [6, 6.07) is 13.0. The van der Waals surface area contributed by atoms with Gasteiger partial charge in [0.05, 0.1) is 5.92 Å². The van der Waals surface area contributed by atoms with E-state index in [1.54, 1.807) is 0 Å². The number of nitrogens with zero attached hydrogens (tertiary/aromatic N) is 1. The highest BCUT2D eigenvalue weighted by molar-refractivity contribution is 5.84. The lowest BCUT2D eigenvalue weighted by molar-refractivity contribution is -0.142. The van der Waals surface area contributed by atoms with E-state index in [2.05, 4.69) is 10.2 Å². The van der Waals surface area contributed by atoms with Crippen LogP contribution in [-0.4, -0.2) is 16.1 Å². The number of H-pyrrole nitrogens is 1. The zero-order valence-corrected chi connectivity index (χ0v) is 17.1. The fourth-order valence-corrected chi connectivity index (χ4v) is 4.85. The molecule has 0 amide bonds. The molecule has 0 bridgehead atoms. The first-order chi connectivity index (χ1) is 15.1. The molecule has 6 nitrogen and oxygen atoms in total. The van der Waals surface area contributed by atoms with Gasteiger partial charge in [0.2, 0.25) is 0 Å². The minimum atomic E-state index is -0.897. The van der Waals surface area contributed by atoms with Crippen LogP contribution in [0, 0.1) is 10.8 Å². The standard InChI is InChI=1S/C25H24N2O4/c28-25(29)16(8-9-17-14-26-21-6-2-1-4-18(17)21)12-22(27-30)15-10-11-20-19-5-3-7-23(19)31-24(20)13-15/h1-2,4,6,10-11,13-14,16,22,26H,3,5,7-9,12H2,(H,28,29). The highest BCUT2D eigenvalue weighted by Crippen LogP contribution is 2.36. The Morgan fingerprint density at radius 1 is 1.16 bits per heavy atom. The molecule has 6 heteroatoms. The van der Waals surface area contributed by atoms with Crippen molar-refractivity contribution in [1.82, 2.24) is 4.98 Å². The average molecular weight is 416 g/mol.